The van der Waals surface area contributed by atoms with Gasteiger partial charge in [-0.15, -0.1) is 0 Å². The second kappa shape index (κ2) is 7.31. The summed E-state index contributed by atoms with van der Waals surface area (Å²) in [6.45, 7) is 3.57. The van der Waals surface area contributed by atoms with Crippen LogP contribution in [0, 0.1) is 5.92 Å². The average Bonchev–Trinajstić information content (AvgIpc) is 3.00. The highest BCUT2D eigenvalue weighted by molar-refractivity contribution is 6.14. The van der Waals surface area contributed by atoms with E-state index in [1.165, 1.54) is 0 Å². The Kier molecular flexibility index (Phi) is 4.93. The highest BCUT2D eigenvalue weighted by Crippen LogP contribution is 2.32. The van der Waals surface area contributed by atoms with Crippen molar-refractivity contribution in [3.8, 4) is 5.75 Å². The second-order valence-corrected chi connectivity index (χ2v) is 6.13. The maximum atomic E-state index is 12.8. The van der Waals surface area contributed by atoms with Gasteiger partial charge in [-0.05, 0) is 24.3 Å². The van der Waals surface area contributed by atoms with Gasteiger partial charge in [-0.2, -0.15) is 0 Å². The molecule has 1 aromatic heterocycles. The van der Waals surface area contributed by atoms with Crippen LogP contribution in [-0.2, 0) is 4.79 Å². The molecule has 0 spiro atoms. The molecular formula is C20H20N2O4. The molecule has 6 heteroatoms. The summed E-state index contributed by atoms with van der Waals surface area (Å²) in [5.41, 5.74) is 1.47. The summed E-state index contributed by atoms with van der Waals surface area (Å²) in [6.07, 6.45) is 0. The van der Waals surface area contributed by atoms with E-state index in [9.17, 15) is 9.59 Å². The number of hydrogen-bond donors (Lipinski definition) is 2. The summed E-state index contributed by atoms with van der Waals surface area (Å²) in [6, 6.07) is 14.2. The van der Waals surface area contributed by atoms with Gasteiger partial charge in [0.15, 0.2) is 0 Å². The predicted molar refractivity (Wildman–Crippen MR) is 101 cm³/mol. The molecule has 0 unspecified atom stereocenters. The van der Waals surface area contributed by atoms with Gasteiger partial charge >= 0.3 is 0 Å². The van der Waals surface area contributed by atoms with Gasteiger partial charge in [0.1, 0.15) is 17.0 Å². The molecule has 2 N–H and O–H groups in total. The first-order valence-electron chi connectivity index (χ1n) is 8.27. The number of methoxy groups -OCH3 is 1. The van der Waals surface area contributed by atoms with Crippen LogP contribution in [0.25, 0.3) is 11.0 Å². The van der Waals surface area contributed by atoms with Crippen LogP contribution in [0.4, 0.5) is 11.4 Å². The maximum Gasteiger partial charge on any atom is 0.293 e. The van der Waals surface area contributed by atoms with Crippen LogP contribution < -0.4 is 15.4 Å². The molecule has 0 atom stereocenters. The minimum atomic E-state index is -0.450. The fourth-order valence-electron chi connectivity index (χ4n) is 2.49. The summed E-state index contributed by atoms with van der Waals surface area (Å²) >= 11 is 0. The van der Waals surface area contributed by atoms with Crippen LogP contribution in [0.5, 0.6) is 5.75 Å². The lowest BCUT2D eigenvalue weighted by molar-refractivity contribution is -0.118. The Morgan fingerprint density at radius 3 is 2.54 bits per heavy atom. The average molecular weight is 352 g/mol. The minimum Gasteiger partial charge on any atom is -0.497 e. The molecule has 3 rings (SSSR count). The number of benzene rings is 2. The van der Waals surface area contributed by atoms with Crippen LogP contribution in [-0.4, -0.2) is 18.9 Å². The van der Waals surface area contributed by atoms with Gasteiger partial charge in [0.05, 0.1) is 7.11 Å². The molecule has 2 amide bonds. The monoisotopic (exact) mass is 352 g/mol. The van der Waals surface area contributed by atoms with E-state index in [1.807, 2.05) is 12.1 Å². The quantitative estimate of drug-likeness (QED) is 0.718. The molecule has 0 bridgehead atoms. The number of para-hydroxylation sites is 1. The third-order valence-electron chi connectivity index (χ3n) is 3.90. The van der Waals surface area contributed by atoms with E-state index in [1.54, 1.807) is 57.4 Å². The highest BCUT2D eigenvalue weighted by atomic mass is 16.5. The van der Waals surface area contributed by atoms with E-state index in [0.717, 1.165) is 0 Å². The van der Waals surface area contributed by atoms with Crippen molar-refractivity contribution in [2.45, 2.75) is 13.8 Å². The van der Waals surface area contributed by atoms with Crippen molar-refractivity contribution in [3.63, 3.8) is 0 Å². The Morgan fingerprint density at radius 1 is 1.04 bits per heavy atom. The molecule has 6 nitrogen and oxygen atoms in total. The van der Waals surface area contributed by atoms with E-state index in [0.29, 0.717) is 28.1 Å². The van der Waals surface area contributed by atoms with E-state index in [2.05, 4.69) is 10.6 Å². The SMILES string of the molecule is COc1cccc(NC(=O)c2oc3ccccc3c2NC(=O)C(C)C)c1. The second-order valence-electron chi connectivity index (χ2n) is 6.13. The fourth-order valence-corrected chi connectivity index (χ4v) is 2.49. The summed E-state index contributed by atoms with van der Waals surface area (Å²) in [5.74, 6) is -0.179. The lowest BCUT2D eigenvalue weighted by Crippen LogP contribution is -2.20. The molecule has 2 aromatic carbocycles. The van der Waals surface area contributed by atoms with Crippen molar-refractivity contribution < 1.29 is 18.7 Å². The molecule has 1 heterocycles. The third-order valence-corrected chi connectivity index (χ3v) is 3.90. The summed E-state index contributed by atoms with van der Waals surface area (Å²) in [7, 11) is 1.56. The van der Waals surface area contributed by atoms with Gasteiger partial charge in [-0.25, -0.2) is 0 Å². The van der Waals surface area contributed by atoms with Crippen molar-refractivity contribution in [2.24, 2.45) is 5.92 Å². The molecular weight excluding hydrogens is 332 g/mol. The van der Waals surface area contributed by atoms with Crippen LogP contribution in [0.3, 0.4) is 0 Å². The number of carbonyl (C=O) groups is 2. The van der Waals surface area contributed by atoms with Crippen molar-refractivity contribution in [1.82, 2.24) is 0 Å². The van der Waals surface area contributed by atoms with Gasteiger partial charge < -0.3 is 19.8 Å². The standard InChI is InChI=1S/C20H20N2O4/c1-12(2)19(23)22-17-15-9-4-5-10-16(15)26-18(17)20(24)21-13-7-6-8-14(11-13)25-3/h4-12H,1-3H3,(H,21,24)(H,22,23). The smallest absolute Gasteiger partial charge is 0.293 e. The maximum absolute atomic E-state index is 12.8. The van der Waals surface area contributed by atoms with Crippen molar-refractivity contribution in [3.05, 3.63) is 54.3 Å². The lowest BCUT2D eigenvalue weighted by Gasteiger charge is -2.09. The topological polar surface area (TPSA) is 80.6 Å². The molecule has 0 saturated carbocycles. The molecule has 0 aliphatic rings. The fraction of sp³-hybridized carbons (Fsp3) is 0.200. The van der Waals surface area contributed by atoms with Crippen molar-refractivity contribution >= 4 is 34.2 Å². The Labute approximate surface area is 151 Å². The third kappa shape index (κ3) is 3.54. The number of fused-ring (bicyclic) bond motifs is 1. The number of anilines is 2. The first-order valence-corrected chi connectivity index (χ1v) is 8.27. The molecule has 0 aliphatic heterocycles. The zero-order valence-corrected chi connectivity index (χ0v) is 14.8. The molecule has 3 aromatic rings. The molecule has 134 valence electrons. The molecule has 0 saturated heterocycles. The molecule has 0 radical (unpaired) electrons. The Balaban J connectivity index is 1.97. The van der Waals surface area contributed by atoms with E-state index < -0.39 is 5.91 Å². The number of rotatable bonds is 5. The summed E-state index contributed by atoms with van der Waals surface area (Å²) in [5, 5.41) is 6.25. The number of furan rings is 1. The molecule has 0 fully saturated rings. The number of ether oxygens (including phenoxy) is 1. The number of nitrogens with one attached hydrogen (secondary N) is 2. The Hall–Kier alpha value is -3.28. The van der Waals surface area contributed by atoms with E-state index in [-0.39, 0.29) is 17.6 Å². The van der Waals surface area contributed by atoms with Gasteiger partial charge in [0.25, 0.3) is 5.91 Å². The molecule has 26 heavy (non-hydrogen) atoms. The first-order chi connectivity index (χ1) is 12.5. The highest BCUT2D eigenvalue weighted by Gasteiger charge is 2.23. The van der Waals surface area contributed by atoms with Crippen LogP contribution in [0.2, 0.25) is 0 Å². The van der Waals surface area contributed by atoms with Crippen molar-refractivity contribution in [1.29, 1.82) is 0 Å². The predicted octanol–water partition coefficient (Wildman–Crippen LogP) is 4.29. The number of amides is 2. The Morgan fingerprint density at radius 2 is 1.81 bits per heavy atom. The van der Waals surface area contributed by atoms with Crippen molar-refractivity contribution in [2.75, 3.05) is 17.7 Å². The number of hydrogen-bond acceptors (Lipinski definition) is 4. The van der Waals surface area contributed by atoms with Crippen LogP contribution in [0.1, 0.15) is 24.4 Å². The summed E-state index contributed by atoms with van der Waals surface area (Å²) in [4.78, 5) is 24.9. The van der Waals surface area contributed by atoms with Gasteiger partial charge in [0, 0.05) is 23.1 Å². The zero-order valence-electron chi connectivity index (χ0n) is 14.8. The summed E-state index contributed by atoms with van der Waals surface area (Å²) < 4.78 is 10.9. The van der Waals surface area contributed by atoms with Gasteiger partial charge in [0.2, 0.25) is 11.7 Å². The molecule has 0 aliphatic carbocycles. The van der Waals surface area contributed by atoms with E-state index >= 15 is 0 Å². The minimum absolute atomic E-state index is 0.0584. The van der Waals surface area contributed by atoms with E-state index in [4.69, 9.17) is 9.15 Å². The first kappa shape index (κ1) is 17.5. The largest absolute Gasteiger partial charge is 0.497 e. The van der Waals surface area contributed by atoms with Crippen LogP contribution in [0.15, 0.2) is 52.9 Å². The zero-order chi connectivity index (χ0) is 18.7. The normalized spacial score (nSPS) is 10.8. The van der Waals surface area contributed by atoms with Crippen LogP contribution >= 0.6 is 0 Å². The number of carbonyl (C=O) groups excluding carboxylic acids is 2. The Bertz CT molecular complexity index is 959. The van der Waals surface area contributed by atoms with Gasteiger partial charge in [-0.3, -0.25) is 9.59 Å². The van der Waals surface area contributed by atoms with Gasteiger partial charge in [-0.1, -0.05) is 32.0 Å². The lowest BCUT2D eigenvalue weighted by atomic mass is 10.1.